The van der Waals surface area contributed by atoms with Crippen LogP contribution in [0.2, 0.25) is 0 Å². The van der Waals surface area contributed by atoms with Crippen LogP contribution in [-0.4, -0.2) is 27.2 Å². The lowest BCUT2D eigenvalue weighted by Crippen LogP contribution is -2.23. The zero-order valence-electron chi connectivity index (χ0n) is 9.61. The van der Waals surface area contributed by atoms with Crippen LogP contribution < -0.4 is 4.74 Å². The number of imidazole rings is 1. The third kappa shape index (κ3) is 1.84. The molecule has 0 bridgehead atoms. The van der Waals surface area contributed by atoms with Crippen molar-refractivity contribution in [3.05, 3.63) is 48.0 Å². The Labute approximate surface area is 104 Å². The Morgan fingerprint density at radius 3 is 3.11 bits per heavy atom. The van der Waals surface area contributed by atoms with E-state index in [4.69, 9.17) is 9.84 Å². The van der Waals surface area contributed by atoms with Crippen molar-refractivity contribution in [3.63, 3.8) is 0 Å². The summed E-state index contributed by atoms with van der Waals surface area (Å²) in [4.78, 5) is 15.0. The molecule has 5 nitrogen and oxygen atoms in total. The molecule has 0 fully saturated rings. The van der Waals surface area contributed by atoms with Gasteiger partial charge in [0.2, 0.25) is 0 Å². The van der Waals surface area contributed by atoms with Gasteiger partial charge in [-0.3, -0.25) is 0 Å². The number of aromatic carboxylic acids is 1. The molecule has 0 spiro atoms. The molecule has 2 aromatic rings. The second kappa shape index (κ2) is 4.18. The monoisotopic (exact) mass is 244 g/mol. The zero-order chi connectivity index (χ0) is 12.5. The first-order valence-corrected chi connectivity index (χ1v) is 5.70. The standard InChI is InChI=1S/C13H12N2O3/c16-13(17)9-1-2-12-10(5-9)6-11(7-18-12)15-4-3-14-8-15/h1-5,8,11H,6-7H2,(H,16,17). The molecule has 0 saturated heterocycles. The molecule has 1 aliphatic heterocycles. The Kier molecular flexibility index (Phi) is 2.51. The van der Waals surface area contributed by atoms with E-state index in [1.807, 2.05) is 10.8 Å². The smallest absolute Gasteiger partial charge is 0.335 e. The molecule has 5 heteroatoms. The Hall–Kier alpha value is -2.30. The largest absolute Gasteiger partial charge is 0.491 e. The first-order valence-electron chi connectivity index (χ1n) is 5.70. The van der Waals surface area contributed by atoms with Gasteiger partial charge in [-0.25, -0.2) is 9.78 Å². The van der Waals surface area contributed by atoms with E-state index >= 15 is 0 Å². The highest BCUT2D eigenvalue weighted by molar-refractivity contribution is 5.88. The Morgan fingerprint density at radius 2 is 2.39 bits per heavy atom. The zero-order valence-corrected chi connectivity index (χ0v) is 9.61. The molecule has 0 radical (unpaired) electrons. The van der Waals surface area contributed by atoms with E-state index in [1.54, 1.807) is 30.7 Å². The maximum absolute atomic E-state index is 10.9. The number of ether oxygens (including phenoxy) is 1. The van der Waals surface area contributed by atoms with Gasteiger partial charge in [0.05, 0.1) is 17.9 Å². The summed E-state index contributed by atoms with van der Waals surface area (Å²) in [6, 6.07) is 5.14. The van der Waals surface area contributed by atoms with Crippen molar-refractivity contribution in [1.29, 1.82) is 0 Å². The molecule has 0 saturated carbocycles. The summed E-state index contributed by atoms with van der Waals surface area (Å²) < 4.78 is 7.64. The summed E-state index contributed by atoms with van der Waals surface area (Å²) in [5.41, 5.74) is 1.23. The van der Waals surface area contributed by atoms with E-state index in [-0.39, 0.29) is 6.04 Å². The van der Waals surface area contributed by atoms with Crippen LogP contribution in [0.1, 0.15) is 22.0 Å². The summed E-state index contributed by atoms with van der Waals surface area (Å²) in [5, 5.41) is 8.98. The number of hydrogen-bond acceptors (Lipinski definition) is 3. The highest BCUT2D eigenvalue weighted by Gasteiger charge is 2.21. The van der Waals surface area contributed by atoms with Crippen molar-refractivity contribution < 1.29 is 14.6 Å². The normalized spacial score (nSPS) is 17.9. The van der Waals surface area contributed by atoms with Gasteiger partial charge >= 0.3 is 5.97 Å². The van der Waals surface area contributed by atoms with Crippen LogP contribution in [0.3, 0.4) is 0 Å². The molecular weight excluding hydrogens is 232 g/mol. The summed E-state index contributed by atoms with van der Waals surface area (Å²) in [7, 11) is 0. The van der Waals surface area contributed by atoms with Crippen LogP contribution in [0, 0.1) is 0 Å². The van der Waals surface area contributed by atoms with E-state index < -0.39 is 5.97 Å². The van der Waals surface area contributed by atoms with E-state index in [0.717, 1.165) is 17.7 Å². The van der Waals surface area contributed by atoms with Crippen molar-refractivity contribution in [1.82, 2.24) is 9.55 Å². The molecule has 18 heavy (non-hydrogen) atoms. The second-order valence-electron chi connectivity index (χ2n) is 4.31. The number of benzene rings is 1. The minimum absolute atomic E-state index is 0.170. The van der Waals surface area contributed by atoms with Crippen molar-refractivity contribution in [2.45, 2.75) is 12.5 Å². The molecule has 1 N–H and O–H groups in total. The van der Waals surface area contributed by atoms with Crippen LogP contribution >= 0.6 is 0 Å². The van der Waals surface area contributed by atoms with Gasteiger partial charge in [-0.1, -0.05) is 0 Å². The van der Waals surface area contributed by atoms with Gasteiger partial charge in [0.25, 0.3) is 0 Å². The summed E-state index contributed by atoms with van der Waals surface area (Å²) in [6.07, 6.45) is 6.12. The van der Waals surface area contributed by atoms with E-state index in [1.165, 1.54) is 0 Å². The fourth-order valence-electron chi connectivity index (χ4n) is 2.19. The molecule has 3 rings (SSSR count). The predicted octanol–water partition coefficient (Wildman–Crippen LogP) is 1.76. The minimum Gasteiger partial charge on any atom is -0.491 e. The fourth-order valence-corrected chi connectivity index (χ4v) is 2.19. The lowest BCUT2D eigenvalue weighted by Gasteiger charge is -2.26. The summed E-state index contributed by atoms with van der Waals surface area (Å²) >= 11 is 0. The van der Waals surface area contributed by atoms with Gasteiger partial charge in [0.15, 0.2) is 0 Å². The van der Waals surface area contributed by atoms with Crippen LogP contribution in [0.5, 0.6) is 5.75 Å². The SMILES string of the molecule is O=C(O)c1ccc2c(c1)CC(n1ccnc1)CO2. The number of carbonyl (C=O) groups is 1. The van der Waals surface area contributed by atoms with Gasteiger partial charge in [-0.2, -0.15) is 0 Å². The lowest BCUT2D eigenvalue weighted by molar-refractivity contribution is 0.0696. The van der Waals surface area contributed by atoms with Crippen LogP contribution in [-0.2, 0) is 6.42 Å². The van der Waals surface area contributed by atoms with Gasteiger partial charge < -0.3 is 14.4 Å². The Bertz CT molecular complexity index is 578. The number of fused-ring (bicyclic) bond motifs is 1. The van der Waals surface area contributed by atoms with Crippen molar-refractivity contribution in [2.75, 3.05) is 6.61 Å². The molecule has 0 amide bonds. The maximum Gasteiger partial charge on any atom is 0.335 e. The molecule has 92 valence electrons. The number of carboxylic acids is 1. The molecule has 1 unspecified atom stereocenters. The van der Waals surface area contributed by atoms with Crippen molar-refractivity contribution in [3.8, 4) is 5.75 Å². The number of rotatable bonds is 2. The third-order valence-electron chi connectivity index (χ3n) is 3.14. The fraction of sp³-hybridized carbons (Fsp3) is 0.231. The minimum atomic E-state index is -0.914. The second-order valence-corrected chi connectivity index (χ2v) is 4.31. The topological polar surface area (TPSA) is 64.3 Å². The number of carboxylic acid groups (broad SMARTS) is 1. The van der Waals surface area contributed by atoms with E-state index in [9.17, 15) is 4.79 Å². The van der Waals surface area contributed by atoms with Gasteiger partial charge in [-0.15, -0.1) is 0 Å². The quantitative estimate of drug-likeness (QED) is 0.874. The lowest BCUT2D eigenvalue weighted by atomic mass is 10.00. The summed E-state index contributed by atoms with van der Waals surface area (Å²) in [5.74, 6) is -0.140. The summed E-state index contributed by atoms with van der Waals surface area (Å²) in [6.45, 7) is 0.579. The Morgan fingerprint density at radius 1 is 1.50 bits per heavy atom. The van der Waals surface area contributed by atoms with Gasteiger partial charge in [0.1, 0.15) is 12.4 Å². The average molecular weight is 244 g/mol. The van der Waals surface area contributed by atoms with Crippen LogP contribution in [0.4, 0.5) is 0 Å². The average Bonchev–Trinajstić information content (AvgIpc) is 2.91. The van der Waals surface area contributed by atoms with Gasteiger partial charge in [-0.05, 0) is 23.8 Å². The molecule has 1 aromatic carbocycles. The molecule has 2 heterocycles. The van der Waals surface area contributed by atoms with E-state index in [2.05, 4.69) is 4.98 Å². The molecule has 1 atom stereocenters. The number of aromatic nitrogens is 2. The molecular formula is C13H12N2O3. The van der Waals surface area contributed by atoms with Crippen molar-refractivity contribution in [2.24, 2.45) is 0 Å². The first kappa shape index (κ1) is 10.8. The Balaban J connectivity index is 1.91. The first-order chi connectivity index (χ1) is 8.74. The van der Waals surface area contributed by atoms with Gasteiger partial charge in [0, 0.05) is 18.8 Å². The van der Waals surface area contributed by atoms with Crippen LogP contribution in [0.25, 0.3) is 0 Å². The molecule has 1 aromatic heterocycles. The number of nitrogens with zero attached hydrogens (tertiary/aromatic N) is 2. The highest BCUT2D eigenvalue weighted by atomic mass is 16.5. The third-order valence-corrected chi connectivity index (χ3v) is 3.14. The maximum atomic E-state index is 10.9. The molecule has 0 aliphatic carbocycles. The highest BCUT2D eigenvalue weighted by Crippen LogP contribution is 2.30. The van der Waals surface area contributed by atoms with E-state index in [0.29, 0.717) is 12.2 Å². The number of hydrogen-bond donors (Lipinski definition) is 1. The molecule has 1 aliphatic rings. The predicted molar refractivity (Wildman–Crippen MR) is 63.9 cm³/mol. The van der Waals surface area contributed by atoms with Crippen LogP contribution in [0.15, 0.2) is 36.9 Å². The van der Waals surface area contributed by atoms with Crippen molar-refractivity contribution >= 4 is 5.97 Å².